The van der Waals surface area contributed by atoms with E-state index >= 15 is 0 Å². The summed E-state index contributed by atoms with van der Waals surface area (Å²) < 4.78 is 5.77. The fraction of sp³-hybridized carbons (Fsp3) is 0.0500. The largest absolute Gasteiger partial charge is 0.489 e. The summed E-state index contributed by atoms with van der Waals surface area (Å²) in [5, 5.41) is 2.84. The van der Waals surface area contributed by atoms with Crippen LogP contribution in [0.1, 0.15) is 15.9 Å². The number of anilines is 2. The molecule has 0 saturated heterocycles. The Labute approximate surface area is 140 Å². The van der Waals surface area contributed by atoms with E-state index in [1.165, 1.54) is 0 Å². The highest BCUT2D eigenvalue weighted by Gasteiger charge is 2.09. The van der Waals surface area contributed by atoms with Crippen molar-refractivity contribution in [2.45, 2.75) is 6.61 Å². The van der Waals surface area contributed by atoms with Gasteiger partial charge in [0.05, 0.1) is 5.56 Å². The van der Waals surface area contributed by atoms with E-state index in [9.17, 15) is 4.79 Å². The maximum atomic E-state index is 12.3. The summed E-state index contributed by atoms with van der Waals surface area (Å²) in [6, 6.07) is 24.2. The standard InChI is InChI=1S/C20H18N2O2/c21-19-12-5-4-11-18(19)20(23)22-16-9-6-10-17(13-16)24-14-15-7-2-1-3-8-15/h1-13H,14,21H2,(H,22,23). The molecule has 3 N–H and O–H groups in total. The molecule has 0 aromatic heterocycles. The zero-order valence-corrected chi connectivity index (χ0v) is 13.1. The second kappa shape index (κ2) is 7.33. The molecular formula is C20H18N2O2. The molecule has 0 spiro atoms. The number of rotatable bonds is 5. The molecule has 0 aliphatic heterocycles. The molecule has 24 heavy (non-hydrogen) atoms. The lowest BCUT2D eigenvalue weighted by Crippen LogP contribution is -2.13. The van der Waals surface area contributed by atoms with E-state index < -0.39 is 0 Å². The normalized spacial score (nSPS) is 10.2. The summed E-state index contributed by atoms with van der Waals surface area (Å²) in [6.07, 6.45) is 0. The lowest BCUT2D eigenvalue weighted by Gasteiger charge is -2.10. The number of carbonyl (C=O) groups excluding carboxylic acids is 1. The van der Waals surface area contributed by atoms with Crippen molar-refractivity contribution in [3.8, 4) is 5.75 Å². The number of amides is 1. The summed E-state index contributed by atoms with van der Waals surface area (Å²) >= 11 is 0. The fourth-order valence-corrected chi connectivity index (χ4v) is 2.31. The monoisotopic (exact) mass is 318 g/mol. The van der Waals surface area contributed by atoms with Gasteiger partial charge in [-0.25, -0.2) is 0 Å². The summed E-state index contributed by atoms with van der Waals surface area (Å²) in [7, 11) is 0. The number of nitrogens with one attached hydrogen (secondary N) is 1. The van der Waals surface area contributed by atoms with E-state index in [2.05, 4.69) is 5.32 Å². The minimum atomic E-state index is -0.242. The van der Waals surface area contributed by atoms with E-state index in [4.69, 9.17) is 10.5 Å². The van der Waals surface area contributed by atoms with Gasteiger partial charge >= 0.3 is 0 Å². The molecule has 0 aliphatic carbocycles. The molecule has 1 amide bonds. The Morgan fingerprint density at radius 3 is 2.46 bits per heavy atom. The Morgan fingerprint density at radius 2 is 1.67 bits per heavy atom. The van der Waals surface area contributed by atoms with Crippen molar-refractivity contribution < 1.29 is 9.53 Å². The van der Waals surface area contributed by atoms with Gasteiger partial charge in [-0.2, -0.15) is 0 Å². The summed E-state index contributed by atoms with van der Waals surface area (Å²) in [6.45, 7) is 0.476. The van der Waals surface area contributed by atoms with Gasteiger partial charge in [-0.1, -0.05) is 48.5 Å². The number of ether oxygens (including phenoxy) is 1. The molecule has 3 aromatic rings. The van der Waals surface area contributed by atoms with Gasteiger partial charge in [0.2, 0.25) is 0 Å². The maximum absolute atomic E-state index is 12.3. The van der Waals surface area contributed by atoms with Gasteiger partial charge in [-0.05, 0) is 29.8 Å². The van der Waals surface area contributed by atoms with Crippen LogP contribution in [0.3, 0.4) is 0 Å². The van der Waals surface area contributed by atoms with Crippen LogP contribution in [0.25, 0.3) is 0 Å². The number of carbonyl (C=O) groups is 1. The molecule has 0 fully saturated rings. The molecular weight excluding hydrogens is 300 g/mol. The first kappa shape index (κ1) is 15.6. The number of para-hydroxylation sites is 1. The van der Waals surface area contributed by atoms with Gasteiger partial charge in [0.25, 0.3) is 5.91 Å². The van der Waals surface area contributed by atoms with E-state index in [1.54, 1.807) is 30.3 Å². The summed E-state index contributed by atoms with van der Waals surface area (Å²) in [5.74, 6) is 0.450. The Balaban J connectivity index is 1.67. The highest BCUT2D eigenvalue weighted by atomic mass is 16.5. The average Bonchev–Trinajstić information content (AvgIpc) is 2.61. The number of hydrogen-bond donors (Lipinski definition) is 2. The van der Waals surface area contributed by atoms with Crippen molar-refractivity contribution in [3.63, 3.8) is 0 Å². The van der Waals surface area contributed by atoms with Crippen LogP contribution in [0.4, 0.5) is 11.4 Å². The van der Waals surface area contributed by atoms with Gasteiger partial charge in [-0.15, -0.1) is 0 Å². The van der Waals surface area contributed by atoms with Crippen molar-refractivity contribution in [3.05, 3.63) is 90.0 Å². The van der Waals surface area contributed by atoms with E-state index in [1.807, 2.05) is 48.5 Å². The predicted molar refractivity (Wildman–Crippen MR) is 96.0 cm³/mol. The topological polar surface area (TPSA) is 64.4 Å². The van der Waals surface area contributed by atoms with E-state index in [0.717, 1.165) is 5.56 Å². The third kappa shape index (κ3) is 3.93. The molecule has 0 unspecified atom stereocenters. The van der Waals surface area contributed by atoms with Crippen molar-refractivity contribution >= 4 is 17.3 Å². The van der Waals surface area contributed by atoms with Crippen molar-refractivity contribution in [2.75, 3.05) is 11.1 Å². The molecule has 4 nitrogen and oxygen atoms in total. The van der Waals surface area contributed by atoms with Crippen LogP contribution in [0.15, 0.2) is 78.9 Å². The first-order chi connectivity index (χ1) is 11.7. The van der Waals surface area contributed by atoms with Crippen LogP contribution in [-0.2, 0) is 6.61 Å². The zero-order valence-electron chi connectivity index (χ0n) is 13.1. The molecule has 0 bridgehead atoms. The van der Waals surface area contributed by atoms with Crippen LogP contribution in [0.5, 0.6) is 5.75 Å². The minimum Gasteiger partial charge on any atom is -0.489 e. The first-order valence-corrected chi connectivity index (χ1v) is 7.65. The van der Waals surface area contributed by atoms with Gasteiger partial charge < -0.3 is 15.8 Å². The Hall–Kier alpha value is -3.27. The molecule has 0 aliphatic rings. The molecule has 4 heteroatoms. The molecule has 0 heterocycles. The van der Waals surface area contributed by atoms with Gasteiger partial charge in [0.15, 0.2) is 0 Å². The smallest absolute Gasteiger partial charge is 0.257 e. The third-order valence-electron chi connectivity index (χ3n) is 3.55. The lowest BCUT2D eigenvalue weighted by atomic mass is 10.1. The average molecular weight is 318 g/mol. The zero-order chi connectivity index (χ0) is 16.8. The maximum Gasteiger partial charge on any atom is 0.257 e. The Kier molecular flexibility index (Phi) is 4.77. The van der Waals surface area contributed by atoms with E-state index in [-0.39, 0.29) is 5.91 Å². The number of benzene rings is 3. The Bertz CT molecular complexity index is 832. The molecule has 0 radical (unpaired) electrons. The van der Waals surface area contributed by atoms with Crippen LogP contribution in [-0.4, -0.2) is 5.91 Å². The second-order valence-corrected chi connectivity index (χ2v) is 5.34. The van der Waals surface area contributed by atoms with Gasteiger partial charge in [0.1, 0.15) is 12.4 Å². The Morgan fingerprint density at radius 1 is 0.917 bits per heavy atom. The van der Waals surface area contributed by atoms with Crippen LogP contribution in [0.2, 0.25) is 0 Å². The number of nitrogen functional groups attached to an aromatic ring is 1. The lowest BCUT2D eigenvalue weighted by molar-refractivity contribution is 0.102. The van der Waals surface area contributed by atoms with Crippen LogP contribution < -0.4 is 15.8 Å². The van der Waals surface area contributed by atoms with Crippen molar-refractivity contribution in [1.29, 1.82) is 0 Å². The third-order valence-corrected chi connectivity index (χ3v) is 3.55. The highest BCUT2D eigenvalue weighted by Crippen LogP contribution is 2.20. The van der Waals surface area contributed by atoms with E-state index in [0.29, 0.717) is 29.3 Å². The molecule has 0 atom stereocenters. The van der Waals surface area contributed by atoms with Gasteiger partial charge in [-0.3, -0.25) is 4.79 Å². The van der Waals surface area contributed by atoms with Gasteiger partial charge in [0, 0.05) is 17.4 Å². The molecule has 3 aromatic carbocycles. The number of hydrogen-bond acceptors (Lipinski definition) is 3. The van der Waals surface area contributed by atoms with Crippen molar-refractivity contribution in [1.82, 2.24) is 0 Å². The second-order valence-electron chi connectivity index (χ2n) is 5.34. The van der Waals surface area contributed by atoms with Crippen LogP contribution in [0, 0.1) is 0 Å². The SMILES string of the molecule is Nc1ccccc1C(=O)Nc1cccc(OCc2ccccc2)c1. The summed E-state index contributed by atoms with van der Waals surface area (Å²) in [5.41, 5.74) is 8.48. The minimum absolute atomic E-state index is 0.242. The first-order valence-electron chi connectivity index (χ1n) is 7.65. The molecule has 3 rings (SSSR count). The van der Waals surface area contributed by atoms with Crippen molar-refractivity contribution in [2.24, 2.45) is 0 Å². The fourth-order valence-electron chi connectivity index (χ4n) is 2.31. The quantitative estimate of drug-likeness (QED) is 0.696. The highest BCUT2D eigenvalue weighted by molar-refractivity contribution is 6.07. The number of nitrogens with two attached hydrogens (primary N) is 1. The molecule has 120 valence electrons. The van der Waals surface area contributed by atoms with Crippen LogP contribution >= 0.6 is 0 Å². The predicted octanol–water partition coefficient (Wildman–Crippen LogP) is 4.10. The molecule has 0 saturated carbocycles. The summed E-state index contributed by atoms with van der Waals surface area (Å²) in [4.78, 5) is 12.3.